The number of aldehydes is 1. The number of nitrogens with zero attached hydrogens (tertiary/aromatic N) is 2. The quantitative estimate of drug-likeness (QED) is 0.751. The van der Waals surface area contributed by atoms with E-state index >= 15 is 0 Å². The topological polar surface area (TPSA) is 72.2 Å². The Kier molecular flexibility index (Phi) is 3.60. The summed E-state index contributed by atoms with van der Waals surface area (Å²) < 4.78 is 1.56. The third-order valence-corrected chi connectivity index (χ3v) is 2.41. The summed E-state index contributed by atoms with van der Waals surface area (Å²) in [6.07, 6.45) is 3.73. The number of hydrogen-bond donors (Lipinski definition) is 1. The van der Waals surface area contributed by atoms with Gasteiger partial charge in [0, 0.05) is 6.20 Å². The van der Waals surface area contributed by atoms with E-state index in [2.05, 4.69) is 5.10 Å². The number of aromatic nitrogens is 2. The molecular weight excluding hydrogens is 196 g/mol. The van der Waals surface area contributed by atoms with Gasteiger partial charge in [-0.2, -0.15) is 5.10 Å². The number of carbonyl (C=O) groups excluding carboxylic acids is 1. The number of carboxylic acid groups (broad SMARTS) is 1. The van der Waals surface area contributed by atoms with Crippen LogP contribution in [0.15, 0.2) is 6.20 Å². The fourth-order valence-corrected chi connectivity index (χ4v) is 1.51. The van der Waals surface area contributed by atoms with Crippen LogP contribution in [0.1, 0.15) is 53.6 Å². The molecule has 82 valence electrons. The molecule has 0 aliphatic heterocycles. The molecule has 0 fully saturated rings. The number of aromatic carboxylic acids is 1. The Hall–Kier alpha value is -1.65. The van der Waals surface area contributed by atoms with E-state index < -0.39 is 5.97 Å². The van der Waals surface area contributed by atoms with E-state index in [4.69, 9.17) is 5.11 Å². The summed E-state index contributed by atoms with van der Waals surface area (Å²) in [6.45, 7) is 3.99. The third-order valence-electron chi connectivity index (χ3n) is 2.41. The summed E-state index contributed by atoms with van der Waals surface area (Å²) in [7, 11) is 0. The van der Waals surface area contributed by atoms with Crippen LogP contribution in [0.2, 0.25) is 0 Å². The molecule has 0 aliphatic rings. The highest BCUT2D eigenvalue weighted by molar-refractivity contribution is 5.95. The lowest BCUT2D eigenvalue weighted by Gasteiger charge is -2.11. The summed E-state index contributed by atoms with van der Waals surface area (Å²) >= 11 is 0. The van der Waals surface area contributed by atoms with Gasteiger partial charge in [0.1, 0.15) is 0 Å². The predicted molar refractivity (Wildman–Crippen MR) is 54.2 cm³/mol. The highest BCUT2D eigenvalue weighted by Gasteiger charge is 2.17. The Morgan fingerprint density at radius 3 is 2.53 bits per heavy atom. The van der Waals surface area contributed by atoms with Crippen LogP contribution in [0.25, 0.3) is 0 Å². The molecule has 0 bridgehead atoms. The second kappa shape index (κ2) is 4.72. The Morgan fingerprint density at radius 2 is 2.20 bits per heavy atom. The molecule has 1 aromatic rings. The summed E-state index contributed by atoms with van der Waals surface area (Å²) in [5.41, 5.74) is -0.0358. The van der Waals surface area contributed by atoms with Crippen molar-refractivity contribution in [3.8, 4) is 0 Å². The molecule has 0 amide bonds. The van der Waals surface area contributed by atoms with Crippen LogP contribution < -0.4 is 0 Å². The summed E-state index contributed by atoms with van der Waals surface area (Å²) in [4.78, 5) is 21.4. The summed E-state index contributed by atoms with van der Waals surface area (Å²) in [5, 5.41) is 12.7. The van der Waals surface area contributed by atoms with E-state index in [1.54, 1.807) is 4.68 Å². The number of carbonyl (C=O) groups is 2. The first-order valence-electron chi connectivity index (χ1n) is 4.91. The molecule has 5 heteroatoms. The van der Waals surface area contributed by atoms with E-state index in [0.717, 1.165) is 12.8 Å². The van der Waals surface area contributed by atoms with Gasteiger partial charge in [0.25, 0.3) is 0 Å². The SMILES string of the molecule is CCC(CC)n1cc(C=O)c(C(=O)O)n1. The van der Waals surface area contributed by atoms with Crippen molar-refractivity contribution in [2.75, 3.05) is 0 Å². The molecule has 0 atom stereocenters. The van der Waals surface area contributed by atoms with E-state index in [0.29, 0.717) is 6.29 Å². The maximum Gasteiger partial charge on any atom is 0.357 e. The Balaban J connectivity index is 3.12. The van der Waals surface area contributed by atoms with Gasteiger partial charge in [0.15, 0.2) is 12.0 Å². The maximum atomic E-state index is 10.8. The van der Waals surface area contributed by atoms with Gasteiger partial charge in [-0.25, -0.2) is 4.79 Å². The van der Waals surface area contributed by atoms with Crippen molar-refractivity contribution in [1.29, 1.82) is 0 Å². The van der Waals surface area contributed by atoms with Crippen LogP contribution in [-0.4, -0.2) is 27.1 Å². The molecule has 0 radical (unpaired) electrons. The van der Waals surface area contributed by atoms with Crippen LogP contribution in [0.5, 0.6) is 0 Å². The van der Waals surface area contributed by atoms with Gasteiger partial charge in [0.05, 0.1) is 11.6 Å². The van der Waals surface area contributed by atoms with Gasteiger partial charge in [-0.1, -0.05) is 13.8 Å². The monoisotopic (exact) mass is 210 g/mol. The van der Waals surface area contributed by atoms with Crippen molar-refractivity contribution >= 4 is 12.3 Å². The molecule has 1 aromatic heterocycles. The largest absolute Gasteiger partial charge is 0.476 e. The molecule has 1 rings (SSSR count). The van der Waals surface area contributed by atoms with Crippen molar-refractivity contribution in [2.24, 2.45) is 0 Å². The first-order chi connectivity index (χ1) is 7.13. The Labute approximate surface area is 87.7 Å². The molecule has 1 heterocycles. The van der Waals surface area contributed by atoms with Gasteiger partial charge < -0.3 is 5.11 Å². The Morgan fingerprint density at radius 1 is 1.60 bits per heavy atom. The standard InChI is InChI=1S/C10H14N2O3/c1-3-8(4-2)12-5-7(6-13)9(11-12)10(14)15/h5-6,8H,3-4H2,1-2H3,(H,14,15). The molecule has 0 unspecified atom stereocenters. The average Bonchev–Trinajstić information content (AvgIpc) is 2.64. The lowest BCUT2D eigenvalue weighted by molar-refractivity contribution is 0.0686. The van der Waals surface area contributed by atoms with Crippen LogP contribution in [-0.2, 0) is 0 Å². The normalized spacial score (nSPS) is 10.6. The van der Waals surface area contributed by atoms with Crippen molar-refractivity contribution in [3.05, 3.63) is 17.5 Å². The van der Waals surface area contributed by atoms with E-state index in [1.807, 2.05) is 13.8 Å². The molecule has 15 heavy (non-hydrogen) atoms. The van der Waals surface area contributed by atoms with Crippen molar-refractivity contribution in [1.82, 2.24) is 9.78 Å². The summed E-state index contributed by atoms with van der Waals surface area (Å²) in [5.74, 6) is -1.16. The first kappa shape index (κ1) is 11.4. The fourth-order valence-electron chi connectivity index (χ4n) is 1.51. The van der Waals surface area contributed by atoms with Crippen molar-refractivity contribution in [3.63, 3.8) is 0 Å². The van der Waals surface area contributed by atoms with Crippen LogP contribution >= 0.6 is 0 Å². The van der Waals surface area contributed by atoms with Gasteiger partial charge >= 0.3 is 5.97 Å². The van der Waals surface area contributed by atoms with Gasteiger partial charge in [-0.3, -0.25) is 9.48 Å². The fraction of sp³-hybridized carbons (Fsp3) is 0.500. The van der Waals surface area contributed by atoms with Crippen molar-refractivity contribution in [2.45, 2.75) is 32.7 Å². The van der Waals surface area contributed by atoms with E-state index in [9.17, 15) is 9.59 Å². The van der Waals surface area contributed by atoms with Crippen molar-refractivity contribution < 1.29 is 14.7 Å². The van der Waals surface area contributed by atoms with Gasteiger partial charge in [0.2, 0.25) is 0 Å². The van der Waals surface area contributed by atoms with Crippen LogP contribution in [0.4, 0.5) is 0 Å². The highest BCUT2D eigenvalue weighted by atomic mass is 16.4. The first-order valence-corrected chi connectivity index (χ1v) is 4.91. The smallest absolute Gasteiger partial charge is 0.357 e. The second-order valence-corrected chi connectivity index (χ2v) is 3.31. The lowest BCUT2D eigenvalue weighted by Crippen LogP contribution is -2.09. The van der Waals surface area contributed by atoms with E-state index in [1.165, 1.54) is 6.20 Å². The van der Waals surface area contributed by atoms with Crippen LogP contribution in [0, 0.1) is 0 Å². The molecule has 1 N–H and O–H groups in total. The van der Waals surface area contributed by atoms with Gasteiger partial charge in [-0.15, -0.1) is 0 Å². The minimum atomic E-state index is -1.16. The Bertz CT molecular complexity index is 367. The molecule has 0 aromatic carbocycles. The molecule has 0 saturated heterocycles. The zero-order valence-electron chi connectivity index (χ0n) is 8.80. The molecule has 0 aliphatic carbocycles. The lowest BCUT2D eigenvalue weighted by atomic mass is 10.2. The minimum Gasteiger partial charge on any atom is -0.476 e. The van der Waals surface area contributed by atoms with E-state index in [-0.39, 0.29) is 17.3 Å². The maximum absolute atomic E-state index is 10.8. The number of hydrogen-bond acceptors (Lipinski definition) is 3. The number of rotatable bonds is 5. The highest BCUT2D eigenvalue weighted by Crippen LogP contribution is 2.16. The minimum absolute atomic E-state index is 0.134. The third kappa shape index (κ3) is 2.23. The number of carboxylic acids is 1. The predicted octanol–water partition coefficient (Wildman–Crippen LogP) is 1.75. The summed E-state index contributed by atoms with van der Waals surface area (Å²) in [6, 6.07) is 0.150. The average molecular weight is 210 g/mol. The van der Waals surface area contributed by atoms with Gasteiger partial charge in [-0.05, 0) is 12.8 Å². The molecule has 0 saturated carbocycles. The molecule has 5 nitrogen and oxygen atoms in total. The second-order valence-electron chi connectivity index (χ2n) is 3.31. The van der Waals surface area contributed by atoms with Crippen LogP contribution in [0.3, 0.4) is 0 Å². The zero-order valence-corrected chi connectivity index (χ0v) is 8.80. The molecule has 0 spiro atoms. The zero-order chi connectivity index (χ0) is 11.4. The molecular formula is C10H14N2O3.